The van der Waals surface area contributed by atoms with Crippen LogP contribution in [0.4, 0.5) is 5.95 Å². The second kappa shape index (κ2) is 6.33. The van der Waals surface area contributed by atoms with Gasteiger partial charge < -0.3 is 9.88 Å². The highest BCUT2D eigenvalue weighted by atomic mass is 15.2. The van der Waals surface area contributed by atoms with E-state index in [1.54, 1.807) is 0 Å². The van der Waals surface area contributed by atoms with Gasteiger partial charge in [0.25, 0.3) is 0 Å². The van der Waals surface area contributed by atoms with Crippen molar-refractivity contribution in [3.05, 3.63) is 47.8 Å². The Morgan fingerprint density at radius 2 is 1.95 bits per heavy atom. The van der Waals surface area contributed by atoms with Crippen LogP contribution in [0.2, 0.25) is 0 Å². The van der Waals surface area contributed by atoms with E-state index in [1.165, 1.54) is 31.2 Å². The first kappa shape index (κ1) is 14.2. The van der Waals surface area contributed by atoms with Crippen molar-refractivity contribution < 1.29 is 0 Å². The molecule has 0 aliphatic heterocycles. The fourth-order valence-corrected chi connectivity index (χ4v) is 3.24. The molecular weight excluding hydrogens is 258 g/mol. The van der Waals surface area contributed by atoms with Crippen molar-refractivity contribution in [3.63, 3.8) is 0 Å². The maximum absolute atomic E-state index is 4.67. The molecule has 1 N–H and O–H groups in total. The summed E-state index contributed by atoms with van der Waals surface area (Å²) in [6.45, 7) is 5.33. The van der Waals surface area contributed by atoms with Crippen molar-refractivity contribution in [1.29, 1.82) is 0 Å². The fourth-order valence-electron chi connectivity index (χ4n) is 3.24. The van der Waals surface area contributed by atoms with Gasteiger partial charge in [-0.25, -0.2) is 4.98 Å². The molecule has 1 aliphatic rings. The normalized spacial score (nSPS) is 17.0. The van der Waals surface area contributed by atoms with E-state index in [1.807, 2.05) is 0 Å². The number of rotatable bonds is 5. The number of nitrogens with zero attached hydrogens (tertiary/aromatic N) is 2. The van der Waals surface area contributed by atoms with Gasteiger partial charge >= 0.3 is 0 Å². The molecule has 2 aromatic rings. The molecule has 3 nitrogen and oxygen atoms in total. The van der Waals surface area contributed by atoms with Crippen molar-refractivity contribution in [1.82, 2.24) is 9.55 Å². The monoisotopic (exact) mass is 283 g/mol. The molecule has 1 saturated carbocycles. The van der Waals surface area contributed by atoms with E-state index in [0.29, 0.717) is 12.0 Å². The number of aromatic nitrogens is 2. The first-order valence-electron chi connectivity index (χ1n) is 8.07. The molecular formula is C18H25N3. The molecule has 1 atom stereocenters. The molecule has 21 heavy (non-hydrogen) atoms. The first-order valence-corrected chi connectivity index (χ1v) is 8.07. The van der Waals surface area contributed by atoms with Crippen LogP contribution in [0.25, 0.3) is 0 Å². The van der Waals surface area contributed by atoms with Crippen molar-refractivity contribution in [3.8, 4) is 0 Å². The maximum Gasteiger partial charge on any atom is 0.203 e. The number of benzene rings is 1. The Bertz CT molecular complexity index is 567. The summed E-state index contributed by atoms with van der Waals surface area (Å²) in [5, 5.41) is 3.64. The van der Waals surface area contributed by atoms with Crippen LogP contribution in [-0.2, 0) is 6.54 Å². The van der Waals surface area contributed by atoms with E-state index in [-0.39, 0.29) is 0 Å². The molecule has 0 radical (unpaired) electrons. The van der Waals surface area contributed by atoms with Crippen LogP contribution in [0.15, 0.2) is 36.5 Å². The SMILES string of the molecule is Cc1cn(CC(C)c2ccccc2)c(NC2CCCC2)n1. The number of imidazole rings is 1. The van der Waals surface area contributed by atoms with Gasteiger partial charge in [0.1, 0.15) is 0 Å². The summed E-state index contributed by atoms with van der Waals surface area (Å²) in [7, 11) is 0. The highest BCUT2D eigenvalue weighted by Crippen LogP contribution is 2.24. The van der Waals surface area contributed by atoms with Gasteiger partial charge in [0.2, 0.25) is 5.95 Å². The van der Waals surface area contributed by atoms with E-state index >= 15 is 0 Å². The quantitative estimate of drug-likeness (QED) is 0.884. The third kappa shape index (κ3) is 3.46. The van der Waals surface area contributed by atoms with E-state index in [2.05, 4.69) is 65.2 Å². The smallest absolute Gasteiger partial charge is 0.203 e. The highest BCUT2D eigenvalue weighted by Gasteiger charge is 2.18. The number of anilines is 1. The van der Waals surface area contributed by atoms with Crippen LogP contribution in [0.1, 0.15) is 49.8 Å². The van der Waals surface area contributed by atoms with Gasteiger partial charge in [-0.15, -0.1) is 0 Å². The second-order valence-electron chi connectivity index (χ2n) is 6.30. The molecule has 1 fully saturated rings. The average molecular weight is 283 g/mol. The summed E-state index contributed by atoms with van der Waals surface area (Å²) in [6, 6.07) is 11.3. The standard InChI is InChI=1S/C18H25N3/c1-14(16-8-4-3-5-9-16)12-21-13-15(2)19-18(21)20-17-10-6-7-11-17/h3-5,8-9,13-14,17H,6-7,10-12H2,1-2H3,(H,19,20). The van der Waals surface area contributed by atoms with Gasteiger partial charge in [0.05, 0.1) is 5.69 Å². The zero-order valence-electron chi connectivity index (χ0n) is 13.0. The lowest BCUT2D eigenvalue weighted by molar-refractivity contribution is 0.594. The predicted octanol–water partition coefficient (Wildman–Crippen LogP) is 4.35. The third-order valence-electron chi connectivity index (χ3n) is 4.42. The molecule has 0 saturated heterocycles. The molecule has 3 heteroatoms. The molecule has 0 bridgehead atoms. The van der Waals surface area contributed by atoms with Gasteiger partial charge in [-0.3, -0.25) is 0 Å². The third-order valence-corrected chi connectivity index (χ3v) is 4.42. The van der Waals surface area contributed by atoms with Crippen molar-refractivity contribution in [2.45, 2.75) is 58.0 Å². The van der Waals surface area contributed by atoms with Gasteiger partial charge in [-0.1, -0.05) is 50.1 Å². The molecule has 3 rings (SSSR count). The Morgan fingerprint density at radius 3 is 2.67 bits per heavy atom. The minimum absolute atomic E-state index is 0.490. The number of aryl methyl sites for hydroxylation is 1. The highest BCUT2D eigenvalue weighted by molar-refractivity contribution is 5.31. The van der Waals surface area contributed by atoms with Crippen LogP contribution in [0.3, 0.4) is 0 Å². The Hall–Kier alpha value is -1.77. The van der Waals surface area contributed by atoms with Crippen LogP contribution >= 0.6 is 0 Å². The van der Waals surface area contributed by atoms with Crippen LogP contribution in [0, 0.1) is 6.92 Å². The second-order valence-corrected chi connectivity index (χ2v) is 6.30. The van der Waals surface area contributed by atoms with Crippen LogP contribution in [0.5, 0.6) is 0 Å². The molecule has 1 aliphatic carbocycles. The van der Waals surface area contributed by atoms with Crippen LogP contribution < -0.4 is 5.32 Å². The van der Waals surface area contributed by atoms with E-state index in [9.17, 15) is 0 Å². The van der Waals surface area contributed by atoms with Gasteiger partial charge in [-0.2, -0.15) is 0 Å². The Labute approximate surface area is 127 Å². The van der Waals surface area contributed by atoms with Crippen molar-refractivity contribution in [2.75, 3.05) is 5.32 Å². The van der Waals surface area contributed by atoms with Gasteiger partial charge in [0, 0.05) is 18.8 Å². The lowest BCUT2D eigenvalue weighted by Gasteiger charge is -2.18. The zero-order valence-corrected chi connectivity index (χ0v) is 13.0. The Kier molecular flexibility index (Phi) is 4.28. The number of hydrogen-bond acceptors (Lipinski definition) is 2. The average Bonchev–Trinajstić information content (AvgIpc) is 3.11. The Balaban J connectivity index is 1.72. The van der Waals surface area contributed by atoms with Crippen molar-refractivity contribution in [2.24, 2.45) is 0 Å². The number of hydrogen-bond donors (Lipinski definition) is 1. The van der Waals surface area contributed by atoms with E-state index in [0.717, 1.165) is 18.2 Å². The molecule has 112 valence electrons. The van der Waals surface area contributed by atoms with E-state index < -0.39 is 0 Å². The number of nitrogens with one attached hydrogen (secondary N) is 1. The summed E-state index contributed by atoms with van der Waals surface area (Å²) in [4.78, 5) is 4.67. The minimum Gasteiger partial charge on any atom is -0.353 e. The maximum atomic E-state index is 4.67. The lowest BCUT2D eigenvalue weighted by Crippen LogP contribution is -2.19. The molecule has 1 heterocycles. The topological polar surface area (TPSA) is 29.9 Å². The van der Waals surface area contributed by atoms with E-state index in [4.69, 9.17) is 0 Å². The first-order chi connectivity index (χ1) is 10.2. The largest absolute Gasteiger partial charge is 0.353 e. The Morgan fingerprint density at radius 1 is 1.24 bits per heavy atom. The molecule has 1 unspecified atom stereocenters. The van der Waals surface area contributed by atoms with Gasteiger partial charge in [0.15, 0.2) is 0 Å². The summed E-state index contributed by atoms with van der Waals surface area (Å²) in [6.07, 6.45) is 7.41. The van der Waals surface area contributed by atoms with Crippen LogP contribution in [-0.4, -0.2) is 15.6 Å². The summed E-state index contributed by atoms with van der Waals surface area (Å²) < 4.78 is 2.28. The molecule has 1 aromatic carbocycles. The summed E-state index contributed by atoms with van der Waals surface area (Å²) in [5.74, 6) is 1.53. The van der Waals surface area contributed by atoms with Crippen molar-refractivity contribution >= 4 is 5.95 Å². The minimum atomic E-state index is 0.490. The molecule has 0 amide bonds. The summed E-state index contributed by atoms with van der Waals surface area (Å²) in [5.41, 5.74) is 2.48. The molecule has 1 aromatic heterocycles. The molecule has 0 spiro atoms. The lowest BCUT2D eigenvalue weighted by atomic mass is 10.0. The fraction of sp³-hybridized carbons (Fsp3) is 0.500. The predicted molar refractivity (Wildman–Crippen MR) is 87.7 cm³/mol. The zero-order chi connectivity index (χ0) is 14.7. The van der Waals surface area contributed by atoms with Gasteiger partial charge in [-0.05, 0) is 31.2 Å². The summed E-state index contributed by atoms with van der Waals surface area (Å²) >= 11 is 0.